The molecule has 2 heterocycles. The second kappa shape index (κ2) is 8.02. The SMILES string of the molecule is Cn1c(=O)c2c(ncn2CC(=O)N/N=C\c2cc(I)cc(I)c2O)n(C)c1=O. The van der Waals surface area contributed by atoms with Crippen molar-refractivity contribution in [2.75, 3.05) is 0 Å². The number of hydrogen-bond donors (Lipinski definition) is 2. The number of phenolic OH excluding ortho intramolecular Hbond substituents is 1. The summed E-state index contributed by atoms with van der Waals surface area (Å²) in [6.45, 7) is -0.211. The van der Waals surface area contributed by atoms with Crippen LogP contribution in [0.25, 0.3) is 11.2 Å². The number of phenols is 1. The Morgan fingerprint density at radius 2 is 2.00 bits per heavy atom. The molecule has 12 heteroatoms. The number of carbonyl (C=O) groups excluding carboxylic acids is 1. The summed E-state index contributed by atoms with van der Waals surface area (Å²) >= 11 is 4.12. The number of halogens is 2. The van der Waals surface area contributed by atoms with Crippen molar-refractivity contribution in [3.05, 3.63) is 52.0 Å². The molecule has 0 fully saturated rings. The van der Waals surface area contributed by atoms with E-state index in [1.54, 1.807) is 6.07 Å². The molecule has 28 heavy (non-hydrogen) atoms. The number of nitrogens with zero attached hydrogens (tertiary/aromatic N) is 5. The van der Waals surface area contributed by atoms with E-state index in [0.29, 0.717) is 9.13 Å². The van der Waals surface area contributed by atoms with E-state index in [9.17, 15) is 19.5 Å². The number of benzene rings is 1. The number of hydrazone groups is 1. The predicted molar refractivity (Wildman–Crippen MR) is 119 cm³/mol. The average Bonchev–Trinajstić information content (AvgIpc) is 3.05. The maximum atomic E-state index is 12.4. The van der Waals surface area contributed by atoms with E-state index in [4.69, 9.17) is 0 Å². The fourth-order valence-electron chi connectivity index (χ4n) is 2.57. The van der Waals surface area contributed by atoms with E-state index in [0.717, 1.165) is 8.14 Å². The van der Waals surface area contributed by atoms with Gasteiger partial charge in [0.2, 0.25) is 0 Å². The quantitative estimate of drug-likeness (QED) is 0.254. The number of amides is 1. The average molecular weight is 608 g/mol. The van der Waals surface area contributed by atoms with Crippen molar-refractivity contribution in [2.24, 2.45) is 19.2 Å². The van der Waals surface area contributed by atoms with Crippen molar-refractivity contribution in [1.29, 1.82) is 0 Å². The van der Waals surface area contributed by atoms with E-state index in [1.165, 1.54) is 35.8 Å². The van der Waals surface area contributed by atoms with Crippen LogP contribution in [0.3, 0.4) is 0 Å². The third-order valence-corrected chi connectivity index (χ3v) is 5.43. The Morgan fingerprint density at radius 1 is 1.29 bits per heavy atom. The molecule has 2 N–H and O–H groups in total. The van der Waals surface area contributed by atoms with Gasteiger partial charge in [-0.05, 0) is 57.3 Å². The van der Waals surface area contributed by atoms with Gasteiger partial charge in [0.15, 0.2) is 11.2 Å². The summed E-state index contributed by atoms with van der Waals surface area (Å²) in [7, 11) is 2.86. The molecule has 0 spiro atoms. The van der Waals surface area contributed by atoms with Gasteiger partial charge in [0.1, 0.15) is 12.3 Å². The minimum Gasteiger partial charge on any atom is -0.506 e. The third-order valence-electron chi connectivity index (χ3n) is 3.98. The lowest BCUT2D eigenvalue weighted by Crippen LogP contribution is -2.38. The van der Waals surface area contributed by atoms with Crippen LogP contribution in [-0.2, 0) is 25.4 Å². The van der Waals surface area contributed by atoms with Crippen LogP contribution in [0, 0.1) is 7.14 Å². The lowest BCUT2D eigenvalue weighted by Gasteiger charge is -2.06. The maximum Gasteiger partial charge on any atom is 0.332 e. The van der Waals surface area contributed by atoms with Crippen LogP contribution in [0.1, 0.15) is 5.56 Å². The van der Waals surface area contributed by atoms with Crippen LogP contribution in [0.4, 0.5) is 0 Å². The highest BCUT2D eigenvalue weighted by Gasteiger charge is 2.15. The molecule has 3 aromatic rings. The van der Waals surface area contributed by atoms with E-state index in [2.05, 4.69) is 38.1 Å². The number of rotatable bonds is 4. The highest BCUT2D eigenvalue weighted by Crippen LogP contribution is 2.25. The van der Waals surface area contributed by atoms with Gasteiger partial charge in [-0.25, -0.2) is 15.2 Å². The van der Waals surface area contributed by atoms with Crippen molar-refractivity contribution in [2.45, 2.75) is 6.54 Å². The Hall–Kier alpha value is -2.23. The Bertz CT molecular complexity index is 1240. The van der Waals surface area contributed by atoms with Gasteiger partial charge in [0.05, 0.1) is 16.1 Å². The summed E-state index contributed by atoms with van der Waals surface area (Å²) < 4.78 is 5.14. The first-order valence-electron chi connectivity index (χ1n) is 7.81. The zero-order valence-corrected chi connectivity index (χ0v) is 19.0. The molecule has 2 aromatic heterocycles. The standard InChI is InChI=1S/C16H14I2N6O4/c1-22-14-12(15(27)23(2)16(22)28)24(7-19-14)6-11(25)21-20-5-8-3-9(17)4-10(18)13(8)26/h3-5,7,26H,6H2,1-2H3,(H,21,25)/b20-5-. The fourth-order valence-corrected chi connectivity index (χ4v) is 4.45. The molecule has 0 aliphatic rings. The van der Waals surface area contributed by atoms with E-state index in [1.807, 2.05) is 28.7 Å². The predicted octanol–water partition coefficient (Wildman–Crippen LogP) is 0.499. The first-order chi connectivity index (χ1) is 13.2. The first-order valence-corrected chi connectivity index (χ1v) is 9.97. The lowest BCUT2D eigenvalue weighted by molar-refractivity contribution is -0.121. The summed E-state index contributed by atoms with van der Waals surface area (Å²) in [5.41, 5.74) is 2.13. The van der Waals surface area contributed by atoms with Gasteiger partial charge in [-0.15, -0.1) is 0 Å². The summed E-state index contributed by atoms with van der Waals surface area (Å²) in [5, 5.41) is 13.9. The number of nitrogens with one attached hydrogen (secondary N) is 1. The van der Waals surface area contributed by atoms with Gasteiger partial charge in [-0.2, -0.15) is 5.10 Å². The van der Waals surface area contributed by atoms with Crippen molar-refractivity contribution in [3.63, 3.8) is 0 Å². The molecule has 0 radical (unpaired) electrons. The van der Waals surface area contributed by atoms with Crippen LogP contribution >= 0.6 is 45.2 Å². The van der Waals surface area contributed by atoms with Crippen molar-refractivity contribution in [1.82, 2.24) is 24.1 Å². The molecule has 10 nitrogen and oxygen atoms in total. The Morgan fingerprint density at radius 3 is 2.71 bits per heavy atom. The molecular weight excluding hydrogens is 594 g/mol. The summed E-state index contributed by atoms with van der Waals surface area (Å²) in [5.74, 6) is -0.421. The minimum atomic E-state index is -0.537. The number of aryl methyl sites for hydroxylation is 1. The van der Waals surface area contributed by atoms with Crippen LogP contribution in [0.15, 0.2) is 33.2 Å². The summed E-state index contributed by atoms with van der Waals surface area (Å²) in [4.78, 5) is 40.6. The molecule has 0 saturated heterocycles. The van der Waals surface area contributed by atoms with E-state index < -0.39 is 17.2 Å². The van der Waals surface area contributed by atoms with Gasteiger partial charge in [0, 0.05) is 23.2 Å². The smallest absolute Gasteiger partial charge is 0.332 e. The molecule has 3 rings (SSSR count). The number of carbonyl (C=O) groups is 1. The molecule has 1 aromatic carbocycles. The third kappa shape index (κ3) is 3.82. The molecule has 0 saturated carbocycles. The van der Waals surface area contributed by atoms with Crippen molar-refractivity contribution >= 4 is 68.5 Å². The Labute approximate surface area is 185 Å². The zero-order valence-electron chi connectivity index (χ0n) is 14.7. The second-order valence-corrected chi connectivity index (χ2v) is 8.28. The van der Waals surface area contributed by atoms with Gasteiger partial charge in [-0.1, -0.05) is 0 Å². The van der Waals surface area contributed by atoms with E-state index in [-0.39, 0.29) is 23.5 Å². The van der Waals surface area contributed by atoms with Gasteiger partial charge in [0.25, 0.3) is 11.5 Å². The normalized spacial score (nSPS) is 11.4. The molecule has 0 aliphatic heterocycles. The Kier molecular flexibility index (Phi) is 5.87. The monoisotopic (exact) mass is 608 g/mol. The van der Waals surface area contributed by atoms with E-state index >= 15 is 0 Å². The number of aromatic nitrogens is 4. The lowest BCUT2D eigenvalue weighted by atomic mass is 10.2. The molecule has 0 unspecified atom stereocenters. The molecule has 0 bridgehead atoms. The topological polar surface area (TPSA) is 124 Å². The number of imidazole rings is 1. The zero-order chi connectivity index (χ0) is 20.6. The van der Waals surface area contributed by atoms with Gasteiger partial charge >= 0.3 is 5.69 Å². The maximum absolute atomic E-state index is 12.4. The van der Waals surface area contributed by atoms with Gasteiger partial charge in [-0.3, -0.25) is 18.7 Å². The highest BCUT2D eigenvalue weighted by molar-refractivity contribution is 14.1. The number of fused-ring (bicyclic) bond motifs is 1. The van der Waals surface area contributed by atoms with Crippen LogP contribution < -0.4 is 16.7 Å². The summed E-state index contributed by atoms with van der Waals surface area (Å²) in [6, 6.07) is 3.53. The number of aromatic hydroxyl groups is 1. The Balaban J connectivity index is 1.81. The van der Waals surface area contributed by atoms with Gasteiger partial charge < -0.3 is 9.67 Å². The van der Waals surface area contributed by atoms with Crippen LogP contribution in [0.5, 0.6) is 5.75 Å². The van der Waals surface area contributed by atoms with Crippen LogP contribution in [-0.4, -0.2) is 35.9 Å². The van der Waals surface area contributed by atoms with Crippen molar-refractivity contribution < 1.29 is 9.90 Å². The molecular formula is C16H14I2N6O4. The molecule has 146 valence electrons. The summed E-state index contributed by atoms with van der Waals surface area (Å²) in [6.07, 6.45) is 2.66. The fraction of sp³-hybridized carbons (Fsp3) is 0.188. The van der Waals surface area contributed by atoms with Crippen LogP contribution in [0.2, 0.25) is 0 Å². The van der Waals surface area contributed by atoms with Crippen molar-refractivity contribution in [3.8, 4) is 5.75 Å². The molecule has 0 aliphatic carbocycles. The highest BCUT2D eigenvalue weighted by atomic mass is 127. The minimum absolute atomic E-state index is 0.0732. The molecule has 0 atom stereocenters. The second-order valence-electron chi connectivity index (χ2n) is 5.87. The first kappa shape index (κ1) is 20.5. The largest absolute Gasteiger partial charge is 0.506 e. The molecule has 1 amide bonds. The number of hydrogen-bond acceptors (Lipinski definition) is 6.